The number of amides is 2. The first-order valence-corrected chi connectivity index (χ1v) is 7.63. The van der Waals surface area contributed by atoms with Crippen molar-refractivity contribution >= 4 is 23.6 Å². The zero-order chi connectivity index (χ0) is 15.3. The second kappa shape index (κ2) is 7.28. The van der Waals surface area contributed by atoms with Gasteiger partial charge in [-0.25, -0.2) is 4.39 Å². The predicted octanol–water partition coefficient (Wildman–Crippen LogP) is 1.93. The number of carbonyl (C=O) groups is 2. The molecule has 0 saturated heterocycles. The molecule has 0 aliphatic carbocycles. The minimum atomic E-state index is -0.739. The number of primary amides is 1. The number of nitrogens with two attached hydrogens (primary N) is 1. The molecular formula is C14H19FN2O2S. The highest BCUT2D eigenvalue weighted by Crippen LogP contribution is 2.16. The Kier molecular flexibility index (Phi) is 6.01. The Morgan fingerprint density at radius 2 is 2.05 bits per heavy atom. The van der Waals surface area contributed by atoms with E-state index in [1.807, 2.05) is 6.26 Å². The van der Waals surface area contributed by atoms with Crippen LogP contribution in [0.25, 0.3) is 0 Å². The van der Waals surface area contributed by atoms with Gasteiger partial charge in [0.25, 0.3) is 5.91 Å². The zero-order valence-electron chi connectivity index (χ0n) is 11.8. The fourth-order valence-electron chi connectivity index (χ4n) is 1.77. The van der Waals surface area contributed by atoms with Gasteiger partial charge in [-0.05, 0) is 35.9 Å². The van der Waals surface area contributed by atoms with Crippen molar-refractivity contribution in [1.82, 2.24) is 5.32 Å². The lowest BCUT2D eigenvalue weighted by atomic mass is 10.0. The lowest BCUT2D eigenvalue weighted by Gasteiger charge is -2.19. The molecule has 0 unspecified atom stereocenters. The van der Waals surface area contributed by atoms with Crippen LogP contribution in [0, 0.1) is 11.7 Å². The SMILES string of the molecule is CSCc1cc(C(=O)N[C@@H](C(N)=O)C(C)C)ccc1F. The van der Waals surface area contributed by atoms with E-state index < -0.39 is 17.9 Å². The van der Waals surface area contributed by atoms with Crippen molar-refractivity contribution in [3.63, 3.8) is 0 Å². The number of halogens is 1. The molecule has 110 valence electrons. The molecule has 0 heterocycles. The van der Waals surface area contributed by atoms with Gasteiger partial charge in [-0.3, -0.25) is 9.59 Å². The molecule has 1 rings (SSSR count). The minimum absolute atomic E-state index is 0.109. The van der Waals surface area contributed by atoms with Crippen LogP contribution in [-0.4, -0.2) is 24.1 Å². The molecule has 1 aromatic rings. The van der Waals surface area contributed by atoms with Gasteiger partial charge in [-0.1, -0.05) is 13.8 Å². The van der Waals surface area contributed by atoms with Crippen LogP contribution in [-0.2, 0) is 10.5 Å². The van der Waals surface area contributed by atoms with Gasteiger partial charge in [0, 0.05) is 11.3 Å². The normalized spacial score (nSPS) is 12.2. The van der Waals surface area contributed by atoms with Gasteiger partial charge in [0.05, 0.1) is 0 Å². The Morgan fingerprint density at radius 1 is 1.40 bits per heavy atom. The molecule has 1 aromatic carbocycles. The highest BCUT2D eigenvalue weighted by atomic mass is 32.2. The average Bonchev–Trinajstić information content (AvgIpc) is 2.37. The Hall–Kier alpha value is -1.56. The van der Waals surface area contributed by atoms with Crippen molar-refractivity contribution in [2.24, 2.45) is 11.7 Å². The smallest absolute Gasteiger partial charge is 0.251 e. The van der Waals surface area contributed by atoms with E-state index in [-0.39, 0.29) is 11.7 Å². The van der Waals surface area contributed by atoms with E-state index in [1.165, 1.54) is 30.0 Å². The molecule has 2 amide bonds. The Labute approximate surface area is 122 Å². The van der Waals surface area contributed by atoms with Crippen molar-refractivity contribution in [3.05, 3.63) is 35.1 Å². The minimum Gasteiger partial charge on any atom is -0.368 e. The summed E-state index contributed by atoms with van der Waals surface area (Å²) in [5.74, 6) is -0.977. The first kappa shape index (κ1) is 16.5. The van der Waals surface area contributed by atoms with Crippen LogP contribution in [0.4, 0.5) is 4.39 Å². The molecule has 0 aromatic heterocycles. The summed E-state index contributed by atoms with van der Waals surface area (Å²) in [6.07, 6.45) is 1.86. The molecule has 0 aliphatic heterocycles. The first-order chi connectivity index (χ1) is 9.36. The van der Waals surface area contributed by atoms with E-state index in [9.17, 15) is 14.0 Å². The second-order valence-corrected chi connectivity index (χ2v) is 5.70. The van der Waals surface area contributed by atoms with E-state index in [0.717, 1.165) is 0 Å². The highest BCUT2D eigenvalue weighted by molar-refractivity contribution is 7.97. The van der Waals surface area contributed by atoms with E-state index >= 15 is 0 Å². The molecule has 0 spiro atoms. The van der Waals surface area contributed by atoms with Gasteiger partial charge in [-0.15, -0.1) is 0 Å². The number of hydrogen-bond donors (Lipinski definition) is 2. The Morgan fingerprint density at radius 3 is 2.55 bits per heavy atom. The van der Waals surface area contributed by atoms with Crippen LogP contribution < -0.4 is 11.1 Å². The number of thioether (sulfide) groups is 1. The number of carbonyl (C=O) groups excluding carboxylic acids is 2. The van der Waals surface area contributed by atoms with E-state index in [1.54, 1.807) is 13.8 Å². The van der Waals surface area contributed by atoms with Crippen molar-refractivity contribution in [3.8, 4) is 0 Å². The van der Waals surface area contributed by atoms with Crippen molar-refractivity contribution in [1.29, 1.82) is 0 Å². The monoisotopic (exact) mass is 298 g/mol. The topological polar surface area (TPSA) is 72.2 Å². The van der Waals surface area contributed by atoms with Crippen LogP contribution in [0.15, 0.2) is 18.2 Å². The first-order valence-electron chi connectivity index (χ1n) is 6.24. The molecule has 4 nitrogen and oxygen atoms in total. The van der Waals surface area contributed by atoms with E-state index in [2.05, 4.69) is 5.32 Å². The molecule has 0 aliphatic rings. The molecule has 6 heteroatoms. The molecule has 1 atom stereocenters. The highest BCUT2D eigenvalue weighted by Gasteiger charge is 2.22. The largest absolute Gasteiger partial charge is 0.368 e. The third-order valence-electron chi connectivity index (χ3n) is 2.87. The summed E-state index contributed by atoms with van der Waals surface area (Å²) < 4.78 is 13.5. The molecular weight excluding hydrogens is 279 g/mol. The third-order valence-corrected chi connectivity index (χ3v) is 3.47. The van der Waals surface area contributed by atoms with Crippen LogP contribution in [0.1, 0.15) is 29.8 Å². The van der Waals surface area contributed by atoms with Crippen LogP contribution >= 0.6 is 11.8 Å². The maximum absolute atomic E-state index is 13.5. The second-order valence-electron chi connectivity index (χ2n) is 4.84. The molecule has 0 fully saturated rings. The number of benzene rings is 1. The molecule has 0 radical (unpaired) electrons. The maximum atomic E-state index is 13.5. The van der Waals surface area contributed by atoms with E-state index in [0.29, 0.717) is 16.9 Å². The van der Waals surface area contributed by atoms with Gasteiger partial charge >= 0.3 is 0 Å². The molecule has 0 bridgehead atoms. The van der Waals surface area contributed by atoms with Crippen LogP contribution in [0.3, 0.4) is 0 Å². The summed E-state index contributed by atoms with van der Waals surface area (Å²) in [5, 5.41) is 2.58. The van der Waals surface area contributed by atoms with Gasteiger partial charge < -0.3 is 11.1 Å². The van der Waals surface area contributed by atoms with Gasteiger partial charge in [0.1, 0.15) is 11.9 Å². The standard InChI is InChI=1S/C14H19FN2O2S/c1-8(2)12(13(16)18)17-14(19)9-4-5-11(15)10(6-9)7-20-3/h4-6,8,12H,7H2,1-3H3,(H2,16,18)(H,17,19)/t12-/m1/s1. The molecule has 20 heavy (non-hydrogen) atoms. The van der Waals surface area contributed by atoms with E-state index in [4.69, 9.17) is 5.73 Å². The summed E-state index contributed by atoms with van der Waals surface area (Å²) in [6.45, 7) is 3.58. The van der Waals surface area contributed by atoms with Crippen molar-refractivity contribution in [2.45, 2.75) is 25.6 Å². The Balaban J connectivity index is 2.92. The zero-order valence-corrected chi connectivity index (χ0v) is 12.6. The predicted molar refractivity (Wildman–Crippen MR) is 78.9 cm³/mol. The quantitative estimate of drug-likeness (QED) is 0.843. The van der Waals surface area contributed by atoms with Crippen molar-refractivity contribution < 1.29 is 14.0 Å². The average molecular weight is 298 g/mol. The Bertz CT molecular complexity index is 506. The summed E-state index contributed by atoms with van der Waals surface area (Å²) in [7, 11) is 0. The number of nitrogens with one attached hydrogen (secondary N) is 1. The summed E-state index contributed by atoms with van der Waals surface area (Å²) in [6, 6.07) is 3.41. The van der Waals surface area contributed by atoms with Crippen LogP contribution in [0.2, 0.25) is 0 Å². The number of hydrogen-bond acceptors (Lipinski definition) is 3. The molecule has 3 N–H and O–H groups in total. The van der Waals surface area contributed by atoms with Gasteiger partial charge in [-0.2, -0.15) is 11.8 Å². The molecule has 0 saturated carbocycles. The van der Waals surface area contributed by atoms with Gasteiger partial charge in [0.2, 0.25) is 5.91 Å². The van der Waals surface area contributed by atoms with Crippen LogP contribution in [0.5, 0.6) is 0 Å². The summed E-state index contributed by atoms with van der Waals surface area (Å²) in [4.78, 5) is 23.4. The summed E-state index contributed by atoms with van der Waals surface area (Å²) in [5.41, 5.74) is 6.03. The maximum Gasteiger partial charge on any atom is 0.251 e. The lowest BCUT2D eigenvalue weighted by molar-refractivity contribution is -0.120. The van der Waals surface area contributed by atoms with Gasteiger partial charge in [0.15, 0.2) is 0 Å². The lowest BCUT2D eigenvalue weighted by Crippen LogP contribution is -2.47. The fourth-order valence-corrected chi connectivity index (χ4v) is 2.31. The third kappa shape index (κ3) is 4.23. The fraction of sp³-hybridized carbons (Fsp3) is 0.429. The number of rotatable bonds is 6. The van der Waals surface area contributed by atoms with Crippen molar-refractivity contribution in [2.75, 3.05) is 6.26 Å². The summed E-state index contributed by atoms with van der Waals surface area (Å²) >= 11 is 1.47.